The van der Waals surface area contributed by atoms with E-state index >= 15 is 0 Å². The van der Waals surface area contributed by atoms with E-state index in [1.807, 2.05) is 6.07 Å². The molecule has 0 saturated carbocycles. The maximum absolute atomic E-state index is 13.0. The Bertz CT molecular complexity index is 1350. The van der Waals surface area contributed by atoms with Gasteiger partial charge in [-0.3, -0.25) is 4.79 Å². The van der Waals surface area contributed by atoms with Gasteiger partial charge in [0, 0.05) is 25.7 Å². The molecule has 0 aliphatic carbocycles. The molecule has 32 heavy (non-hydrogen) atoms. The van der Waals surface area contributed by atoms with Gasteiger partial charge in [0.2, 0.25) is 10.0 Å². The van der Waals surface area contributed by atoms with Crippen LogP contribution in [0.1, 0.15) is 30.6 Å². The van der Waals surface area contributed by atoms with Crippen LogP contribution in [0.15, 0.2) is 46.3 Å². The van der Waals surface area contributed by atoms with Crippen molar-refractivity contribution in [1.29, 1.82) is 0 Å². The summed E-state index contributed by atoms with van der Waals surface area (Å²) in [5.41, 5.74) is 1.02. The molecule has 1 aliphatic heterocycles. The minimum absolute atomic E-state index is 0.184. The summed E-state index contributed by atoms with van der Waals surface area (Å²) in [5.74, 6) is 0.177. The lowest BCUT2D eigenvalue weighted by Crippen LogP contribution is -2.42. The Morgan fingerprint density at radius 2 is 1.69 bits per heavy atom. The zero-order valence-corrected chi connectivity index (χ0v) is 21.0. The van der Waals surface area contributed by atoms with Gasteiger partial charge in [0.05, 0.1) is 25.2 Å². The summed E-state index contributed by atoms with van der Waals surface area (Å²) < 4.78 is 30.2. The third-order valence-corrected chi connectivity index (χ3v) is 9.36. The first-order chi connectivity index (χ1) is 15.1. The second-order valence-electron chi connectivity index (χ2n) is 8.36. The fourth-order valence-electron chi connectivity index (χ4n) is 4.15. The molecule has 4 rings (SSSR count). The number of fused-ring (bicyclic) bond motifs is 1. The molecule has 170 valence electrons. The highest BCUT2D eigenvalue weighted by molar-refractivity contribution is 7.89. The minimum Gasteiger partial charge on any atom is -0.318 e. The van der Waals surface area contributed by atoms with Crippen LogP contribution in [-0.2, 0) is 17.1 Å². The predicted octanol–water partition coefficient (Wildman–Crippen LogP) is 4.95. The molecule has 3 aromatic rings. The van der Waals surface area contributed by atoms with E-state index in [0.717, 1.165) is 11.1 Å². The highest BCUT2D eigenvalue weighted by Gasteiger charge is 2.31. The van der Waals surface area contributed by atoms with Gasteiger partial charge in [-0.2, -0.15) is 9.30 Å². The number of sulfonamides is 1. The first-order valence-electron chi connectivity index (χ1n) is 10.2. The molecule has 6 nitrogen and oxygen atoms in total. The Morgan fingerprint density at radius 1 is 1.06 bits per heavy atom. The van der Waals surface area contributed by atoms with Crippen LogP contribution in [0.3, 0.4) is 0 Å². The van der Waals surface area contributed by atoms with E-state index in [0.29, 0.717) is 50.9 Å². The van der Waals surface area contributed by atoms with Crippen molar-refractivity contribution in [2.75, 3.05) is 13.1 Å². The number of benzene rings is 2. The first kappa shape index (κ1) is 23.4. The highest BCUT2D eigenvalue weighted by atomic mass is 35.5. The number of thiazole rings is 1. The number of aryl methyl sites for hydroxylation is 1. The van der Waals surface area contributed by atoms with Crippen molar-refractivity contribution in [2.24, 2.45) is 23.9 Å². The summed E-state index contributed by atoms with van der Waals surface area (Å²) in [7, 11) is -1.83. The van der Waals surface area contributed by atoms with Crippen LogP contribution in [0.25, 0.3) is 10.2 Å². The van der Waals surface area contributed by atoms with Crippen molar-refractivity contribution >= 4 is 60.7 Å². The van der Waals surface area contributed by atoms with Crippen molar-refractivity contribution in [3.8, 4) is 0 Å². The molecule has 0 spiro atoms. The molecule has 1 aliphatic rings. The maximum Gasteiger partial charge on any atom is 0.279 e. The second kappa shape index (κ2) is 8.91. The van der Waals surface area contributed by atoms with E-state index in [1.165, 1.54) is 35.6 Å². The molecule has 0 radical (unpaired) electrons. The molecule has 0 N–H and O–H groups in total. The van der Waals surface area contributed by atoms with Gasteiger partial charge in [-0.15, -0.1) is 0 Å². The van der Waals surface area contributed by atoms with E-state index in [2.05, 4.69) is 18.8 Å². The number of aromatic nitrogens is 1. The monoisotopic (exact) mass is 511 g/mol. The van der Waals surface area contributed by atoms with E-state index < -0.39 is 15.9 Å². The topological polar surface area (TPSA) is 71.7 Å². The quantitative estimate of drug-likeness (QED) is 0.499. The molecule has 1 aromatic heterocycles. The summed E-state index contributed by atoms with van der Waals surface area (Å²) in [6.07, 6.45) is 1.02. The first-order valence-corrected chi connectivity index (χ1v) is 13.2. The number of hydrogen-bond donors (Lipinski definition) is 0. The summed E-state index contributed by atoms with van der Waals surface area (Å²) in [6.45, 7) is 5.16. The van der Waals surface area contributed by atoms with Crippen molar-refractivity contribution < 1.29 is 13.2 Å². The molecule has 1 amide bonds. The Hall–Kier alpha value is -1.71. The maximum atomic E-state index is 13.0. The van der Waals surface area contributed by atoms with Crippen molar-refractivity contribution in [3.63, 3.8) is 0 Å². The Kier molecular flexibility index (Phi) is 6.53. The van der Waals surface area contributed by atoms with Crippen LogP contribution in [0.2, 0.25) is 10.0 Å². The van der Waals surface area contributed by atoms with Gasteiger partial charge >= 0.3 is 0 Å². The lowest BCUT2D eigenvalue weighted by Gasteiger charge is -2.34. The summed E-state index contributed by atoms with van der Waals surface area (Å²) >= 11 is 13.7. The molecule has 2 atom stereocenters. The van der Waals surface area contributed by atoms with Gasteiger partial charge in [-0.1, -0.05) is 48.4 Å². The summed E-state index contributed by atoms with van der Waals surface area (Å²) in [5, 5.41) is 0.840. The number of rotatable bonds is 3. The third kappa shape index (κ3) is 4.39. The molecule has 2 heterocycles. The van der Waals surface area contributed by atoms with Crippen molar-refractivity contribution in [2.45, 2.75) is 25.2 Å². The number of carbonyl (C=O) groups is 1. The van der Waals surface area contributed by atoms with Gasteiger partial charge in [-0.05, 0) is 54.7 Å². The Labute approximate surface area is 201 Å². The smallest absolute Gasteiger partial charge is 0.279 e. The SMILES string of the molecule is CC1CC(C)CN(S(=O)(=O)c2ccc(C(=O)N=c3sc4ccc(Cl)c(Cl)c4n3C)cc2)C1. The summed E-state index contributed by atoms with van der Waals surface area (Å²) in [6, 6.07) is 9.50. The van der Waals surface area contributed by atoms with E-state index in [1.54, 1.807) is 22.0 Å². The highest BCUT2D eigenvalue weighted by Crippen LogP contribution is 2.31. The number of piperidine rings is 1. The van der Waals surface area contributed by atoms with Crippen LogP contribution in [0, 0.1) is 11.8 Å². The van der Waals surface area contributed by atoms with E-state index in [-0.39, 0.29) is 4.90 Å². The van der Waals surface area contributed by atoms with Crippen molar-refractivity contribution in [3.05, 3.63) is 56.8 Å². The zero-order chi connectivity index (χ0) is 23.2. The minimum atomic E-state index is -3.60. The van der Waals surface area contributed by atoms with Crippen LogP contribution >= 0.6 is 34.5 Å². The average Bonchev–Trinajstić information content (AvgIpc) is 3.06. The second-order valence-corrected chi connectivity index (χ2v) is 12.1. The summed E-state index contributed by atoms with van der Waals surface area (Å²) in [4.78, 5) is 17.6. The number of halogens is 2. The van der Waals surface area contributed by atoms with Gasteiger partial charge < -0.3 is 4.57 Å². The largest absolute Gasteiger partial charge is 0.318 e. The average molecular weight is 512 g/mol. The van der Waals surface area contributed by atoms with Gasteiger partial charge in [0.25, 0.3) is 5.91 Å². The van der Waals surface area contributed by atoms with Crippen LogP contribution in [0.5, 0.6) is 0 Å². The van der Waals surface area contributed by atoms with Gasteiger partial charge in [0.1, 0.15) is 0 Å². The van der Waals surface area contributed by atoms with Gasteiger partial charge in [0.15, 0.2) is 4.80 Å². The fourth-order valence-corrected chi connectivity index (χ4v) is 7.35. The van der Waals surface area contributed by atoms with E-state index in [9.17, 15) is 13.2 Å². The molecular formula is C22H23Cl2N3O3S2. The molecule has 2 aromatic carbocycles. The predicted molar refractivity (Wildman–Crippen MR) is 129 cm³/mol. The fraction of sp³-hybridized carbons (Fsp3) is 0.364. The molecule has 1 fully saturated rings. The Balaban J connectivity index is 1.62. The lowest BCUT2D eigenvalue weighted by atomic mass is 9.94. The van der Waals surface area contributed by atoms with Crippen LogP contribution in [0.4, 0.5) is 0 Å². The normalized spacial score (nSPS) is 20.7. The standard InChI is InChI=1S/C22H23Cl2N3O3S2/c1-13-10-14(2)12-27(11-13)32(29,30)16-6-4-15(5-7-16)21(28)25-22-26(3)20-18(31-22)9-8-17(23)19(20)24/h4-9,13-14H,10-12H2,1-3H3. The molecule has 1 saturated heterocycles. The molecule has 2 unspecified atom stereocenters. The number of carbonyl (C=O) groups excluding carboxylic acids is 1. The third-order valence-electron chi connectivity index (χ3n) is 5.63. The zero-order valence-electron chi connectivity index (χ0n) is 17.9. The number of amides is 1. The molecule has 0 bridgehead atoms. The number of nitrogens with zero attached hydrogens (tertiary/aromatic N) is 3. The van der Waals surface area contributed by atoms with Gasteiger partial charge in [-0.25, -0.2) is 8.42 Å². The van der Waals surface area contributed by atoms with Crippen LogP contribution < -0.4 is 4.80 Å². The van der Waals surface area contributed by atoms with Crippen molar-refractivity contribution in [1.82, 2.24) is 8.87 Å². The lowest BCUT2D eigenvalue weighted by molar-refractivity contribution is 0.0998. The van der Waals surface area contributed by atoms with Crippen LogP contribution in [-0.4, -0.2) is 36.3 Å². The Morgan fingerprint density at radius 3 is 2.31 bits per heavy atom. The number of hydrogen-bond acceptors (Lipinski definition) is 4. The molecular weight excluding hydrogens is 489 g/mol. The molecule has 10 heteroatoms. The van der Waals surface area contributed by atoms with E-state index in [4.69, 9.17) is 23.2 Å².